The highest BCUT2D eigenvalue weighted by atomic mass is 79.9. The molecule has 0 bridgehead atoms. The molecule has 0 heterocycles. The molecule has 0 aromatic carbocycles. The Bertz CT molecular complexity index is 156. The van der Waals surface area contributed by atoms with Gasteiger partial charge in [-0.3, -0.25) is 0 Å². The zero-order valence-corrected chi connectivity index (χ0v) is 9.89. The normalized spacial score (nSPS) is 9.85. The van der Waals surface area contributed by atoms with Gasteiger partial charge in [0.1, 0.15) is 0 Å². The van der Waals surface area contributed by atoms with Crippen LogP contribution in [0.4, 0.5) is 0 Å². The Hall–Kier alpha value is -0.0400. The average molecular weight is 249 g/mol. The Kier molecular flexibility index (Phi) is 10.0. The molecule has 2 nitrogen and oxygen atoms in total. The second-order valence-electron chi connectivity index (χ2n) is 2.62. The molecule has 0 aliphatic heterocycles. The van der Waals surface area contributed by atoms with Crippen molar-refractivity contribution in [1.29, 1.82) is 0 Å². The molecule has 0 aromatic rings. The first-order valence-corrected chi connectivity index (χ1v) is 5.57. The van der Waals surface area contributed by atoms with Crippen molar-refractivity contribution in [2.24, 2.45) is 0 Å². The summed E-state index contributed by atoms with van der Waals surface area (Å²) in [5, 5.41) is 1.08. The Labute approximate surface area is 89.1 Å². The quantitative estimate of drug-likeness (QED) is 0.312. The number of ether oxygens (including phenoxy) is 2. The summed E-state index contributed by atoms with van der Waals surface area (Å²) in [5.74, 6) is 5.92. The monoisotopic (exact) mass is 248 g/mol. The van der Waals surface area contributed by atoms with E-state index < -0.39 is 0 Å². The number of rotatable bonds is 6. The maximum absolute atomic E-state index is 4.92. The predicted molar refractivity (Wildman–Crippen MR) is 57.8 cm³/mol. The largest absolute Gasteiger partial charge is 0.345 e. The van der Waals surface area contributed by atoms with Gasteiger partial charge in [-0.15, -0.1) is 0 Å². The first-order valence-electron chi connectivity index (χ1n) is 4.45. The molecule has 0 aromatic heterocycles. The lowest BCUT2D eigenvalue weighted by molar-refractivity contribution is -0.0595. The minimum Gasteiger partial charge on any atom is -0.345 e. The van der Waals surface area contributed by atoms with Gasteiger partial charge in [-0.1, -0.05) is 28.3 Å². The summed E-state index contributed by atoms with van der Waals surface area (Å²) in [7, 11) is 3.18. The van der Waals surface area contributed by atoms with E-state index in [0.29, 0.717) is 0 Å². The van der Waals surface area contributed by atoms with Crippen LogP contribution in [0.2, 0.25) is 0 Å². The number of unbranched alkanes of at least 4 members (excludes halogenated alkanes) is 3. The summed E-state index contributed by atoms with van der Waals surface area (Å²) < 4.78 is 9.85. The number of alkyl halides is 1. The van der Waals surface area contributed by atoms with Crippen molar-refractivity contribution in [3.05, 3.63) is 0 Å². The standard InChI is InChI=1S/C10H17BrO2/c1-12-10(13-2)8-6-4-3-5-7-9-11/h10H,3-5,7,9H2,1-2H3. The average Bonchev–Trinajstić information content (AvgIpc) is 2.17. The highest BCUT2D eigenvalue weighted by Gasteiger charge is 1.95. The Balaban J connectivity index is 3.37. The number of halogens is 1. The second-order valence-corrected chi connectivity index (χ2v) is 3.42. The van der Waals surface area contributed by atoms with Gasteiger partial charge in [0.25, 0.3) is 0 Å². The lowest BCUT2D eigenvalue weighted by Crippen LogP contribution is -2.09. The zero-order chi connectivity index (χ0) is 9.94. The third-order valence-corrected chi connectivity index (χ3v) is 2.14. The fourth-order valence-corrected chi connectivity index (χ4v) is 1.25. The number of hydrogen-bond donors (Lipinski definition) is 0. The molecule has 76 valence electrons. The molecular formula is C10H17BrO2. The first-order chi connectivity index (χ1) is 6.35. The van der Waals surface area contributed by atoms with Crippen molar-refractivity contribution < 1.29 is 9.47 Å². The second kappa shape index (κ2) is 10.0. The molecule has 0 N–H and O–H groups in total. The van der Waals surface area contributed by atoms with Crippen LogP contribution in [0.25, 0.3) is 0 Å². The van der Waals surface area contributed by atoms with Gasteiger partial charge in [-0.2, -0.15) is 0 Å². The minimum atomic E-state index is -0.365. The van der Waals surface area contributed by atoms with E-state index in [1.165, 1.54) is 12.8 Å². The number of methoxy groups -OCH3 is 2. The molecule has 13 heavy (non-hydrogen) atoms. The summed E-state index contributed by atoms with van der Waals surface area (Å²) >= 11 is 3.39. The lowest BCUT2D eigenvalue weighted by atomic mass is 10.2. The molecule has 0 saturated heterocycles. The molecule has 0 rings (SSSR count). The van der Waals surface area contributed by atoms with Gasteiger partial charge in [-0.25, -0.2) is 0 Å². The maximum atomic E-state index is 4.92. The summed E-state index contributed by atoms with van der Waals surface area (Å²) in [5.41, 5.74) is 0. The summed E-state index contributed by atoms with van der Waals surface area (Å²) in [6.45, 7) is 0. The first kappa shape index (κ1) is 13.0. The Morgan fingerprint density at radius 1 is 1.15 bits per heavy atom. The summed E-state index contributed by atoms with van der Waals surface area (Å²) in [6.07, 6.45) is 4.16. The maximum Gasteiger partial charge on any atom is 0.221 e. The third-order valence-electron chi connectivity index (χ3n) is 1.58. The third kappa shape index (κ3) is 8.29. The highest BCUT2D eigenvalue weighted by molar-refractivity contribution is 9.09. The van der Waals surface area contributed by atoms with Gasteiger partial charge in [0.2, 0.25) is 6.29 Å². The van der Waals surface area contributed by atoms with Crippen LogP contribution in [-0.2, 0) is 9.47 Å². The summed E-state index contributed by atoms with van der Waals surface area (Å²) in [4.78, 5) is 0. The Morgan fingerprint density at radius 2 is 1.85 bits per heavy atom. The van der Waals surface area contributed by atoms with Crippen LogP contribution in [0.3, 0.4) is 0 Å². The molecular weight excluding hydrogens is 232 g/mol. The molecule has 3 heteroatoms. The SMILES string of the molecule is COC(C#CCCCCCBr)OC. The smallest absolute Gasteiger partial charge is 0.221 e. The highest BCUT2D eigenvalue weighted by Crippen LogP contribution is 2.00. The molecule has 0 unspecified atom stereocenters. The van der Waals surface area contributed by atoms with Crippen molar-refractivity contribution in [2.75, 3.05) is 19.5 Å². The predicted octanol–water partition coefficient (Wildman–Crippen LogP) is 2.56. The van der Waals surface area contributed by atoms with Crippen LogP contribution < -0.4 is 0 Å². The van der Waals surface area contributed by atoms with Crippen molar-refractivity contribution in [2.45, 2.75) is 32.0 Å². The van der Waals surface area contributed by atoms with E-state index in [1.54, 1.807) is 14.2 Å². The van der Waals surface area contributed by atoms with Crippen LogP contribution in [-0.4, -0.2) is 25.8 Å². The molecule has 0 saturated carbocycles. The van der Waals surface area contributed by atoms with Gasteiger partial charge in [0, 0.05) is 26.0 Å². The molecule has 0 radical (unpaired) electrons. The van der Waals surface area contributed by atoms with Crippen LogP contribution in [0.5, 0.6) is 0 Å². The minimum absolute atomic E-state index is 0.365. The molecule has 0 atom stereocenters. The van der Waals surface area contributed by atoms with Gasteiger partial charge in [0.15, 0.2) is 0 Å². The van der Waals surface area contributed by atoms with E-state index in [2.05, 4.69) is 27.8 Å². The fraction of sp³-hybridized carbons (Fsp3) is 0.800. The van der Waals surface area contributed by atoms with Crippen LogP contribution in [0, 0.1) is 11.8 Å². The van der Waals surface area contributed by atoms with Gasteiger partial charge >= 0.3 is 0 Å². The lowest BCUT2D eigenvalue weighted by Gasteiger charge is -2.03. The van der Waals surface area contributed by atoms with Gasteiger partial charge in [0.05, 0.1) is 0 Å². The fourth-order valence-electron chi connectivity index (χ4n) is 0.854. The molecule has 0 aliphatic rings. The van der Waals surface area contributed by atoms with Crippen molar-refractivity contribution in [3.63, 3.8) is 0 Å². The molecule has 0 spiro atoms. The van der Waals surface area contributed by atoms with E-state index in [1.807, 2.05) is 0 Å². The van der Waals surface area contributed by atoms with E-state index in [9.17, 15) is 0 Å². The van der Waals surface area contributed by atoms with E-state index in [4.69, 9.17) is 9.47 Å². The van der Waals surface area contributed by atoms with Crippen molar-refractivity contribution in [3.8, 4) is 11.8 Å². The van der Waals surface area contributed by atoms with E-state index >= 15 is 0 Å². The Morgan fingerprint density at radius 3 is 2.38 bits per heavy atom. The van der Waals surface area contributed by atoms with E-state index in [-0.39, 0.29) is 6.29 Å². The topological polar surface area (TPSA) is 18.5 Å². The van der Waals surface area contributed by atoms with E-state index in [0.717, 1.165) is 18.2 Å². The summed E-state index contributed by atoms with van der Waals surface area (Å²) in [6, 6.07) is 0. The van der Waals surface area contributed by atoms with Gasteiger partial charge in [-0.05, 0) is 18.8 Å². The zero-order valence-electron chi connectivity index (χ0n) is 8.31. The molecule has 0 amide bonds. The van der Waals surface area contributed by atoms with Crippen LogP contribution in [0.15, 0.2) is 0 Å². The molecule has 0 aliphatic carbocycles. The van der Waals surface area contributed by atoms with Crippen LogP contribution >= 0.6 is 15.9 Å². The number of hydrogen-bond acceptors (Lipinski definition) is 2. The van der Waals surface area contributed by atoms with Crippen molar-refractivity contribution >= 4 is 15.9 Å². The van der Waals surface area contributed by atoms with Crippen molar-refractivity contribution in [1.82, 2.24) is 0 Å². The van der Waals surface area contributed by atoms with Crippen LogP contribution in [0.1, 0.15) is 25.7 Å². The molecule has 0 fully saturated rings. The van der Waals surface area contributed by atoms with Gasteiger partial charge < -0.3 is 9.47 Å².